The zero-order valence-electron chi connectivity index (χ0n) is 12.1. The van der Waals surface area contributed by atoms with Gasteiger partial charge in [-0.3, -0.25) is 0 Å². The molecule has 0 aliphatic heterocycles. The van der Waals surface area contributed by atoms with Crippen molar-refractivity contribution >= 4 is 0 Å². The van der Waals surface area contributed by atoms with Gasteiger partial charge in [-0.1, -0.05) is 26.7 Å². The first-order chi connectivity index (χ1) is 7.37. The van der Waals surface area contributed by atoms with E-state index in [0.717, 1.165) is 18.9 Å². The van der Waals surface area contributed by atoms with E-state index in [1.165, 1.54) is 19.3 Å². The molecule has 1 atom stereocenters. The van der Waals surface area contributed by atoms with Crippen LogP contribution in [-0.2, 0) is 4.74 Å². The van der Waals surface area contributed by atoms with E-state index < -0.39 is 0 Å². The summed E-state index contributed by atoms with van der Waals surface area (Å²) in [5.74, 6) is 0.833. The SMILES string of the molecule is COC(C)(C)CCNC(C)CCCC(C)C. The summed E-state index contributed by atoms with van der Waals surface area (Å²) in [4.78, 5) is 0. The molecule has 0 bridgehead atoms. The first kappa shape index (κ1) is 15.9. The van der Waals surface area contributed by atoms with Crippen LogP contribution < -0.4 is 5.32 Å². The monoisotopic (exact) mass is 229 g/mol. The minimum Gasteiger partial charge on any atom is -0.379 e. The van der Waals surface area contributed by atoms with Crippen LogP contribution in [-0.4, -0.2) is 25.3 Å². The van der Waals surface area contributed by atoms with Crippen molar-refractivity contribution in [3.63, 3.8) is 0 Å². The van der Waals surface area contributed by atoms with Gasteiger partial charge in [0.1, 0.15) is 0 Å². The van der Waals surface area contributed by atoms with E-state index in [0.29, 0.717) is 6.04 Å². The van der Waals surface area contributed by atoms with Gasteiger partial charge < -0.3 is 10.1 Å². The normalized spacial score (nSPS) is 14.4. The molecule has 0 saturated heterocycles. The highest BCUT2D eigenvalue weighted by Crippen LogP contribution is 2.12. The van der Waals surface area contributed by atoms with Crippen molar-refractivity contribution in [3.05, 3.63) is 0 Å². The van der Waals surface area contributed by atoms with Gasteiger partial charge in [-0.05, 0) is 46.1 Å². The van der Waals surface area contributed by atoms with Crippen molar-refractivity contribution in [1.29, 1.82) is 0 Å². The van der Waals surface area contributed by atoms with Gasteiger partial charge >= 0.3 is 0 Å². The molecule has 0 amide bonds. The molecule has 2 nitrogen and oxygen atoms in total. The summed E-state index contributed by atoms with van der Waals surface area (Å²) in [5, 5.41) is 3.57. The number of rotatable bonds is 9. The largest absolute Gasteiger partial charge is 0.379 e. The maximum absolute atomic E-state index is 5.39. The zero-order chi connectivity index (χ0) is 12.6. The standard InChI is InChI=1S/C14H31NO/c1-12(2)8-7-9-13(3)15-11-10-14(4,5)16-6/h12-13,15H,7-11H2,1-6H3. The van der Waals surface area contributed by atoms with Gasteiger partial charge in [-0.15, -0.1) is 0 Å². The average molecular weight is 229 g/mol. The minimum absolute atomic E-state index is 0.00462. The van der Waals surface area contributed by atoms with Gasteiger partial charge in [0.15, 0.2) is 0 Å². The third-order valence-corrected chi connectivity index (χ3v) is 3.19. The molecule has 98 valence electrons. The van der Waals surface area contributed by atoms with Gasteiger partial charge in [0.2, 0.25) is 0 Å². The molecule has 0 rings (SSSR count). The third kappa shape index (κ3) is 9.17. The predicted octanol–water partition coefficient (Wildman–Crippen LogP) is 3.61. The Morgan fingerprint density at radius 3 is 2.25 bits per heavy atom. The molecule has 0 fully saturated rings. The summed E-state index contributed by atoms with van der Waals surface area (Å²) in [7, 11) is 1.78. The molecule has 0 aromatic carbocycles. The maximum atomic E-state index is 5.39. The second-order valence-corrected chi connectivity index (χ2v) is 5.89. The lowest BCUT2D eigenvalue weighted by atomic mass is 10.0. The molecule has 16 heavy (non-hydrogen) atoms. The van der Waals surface area contributed by atoms with Gasteiger partial charge in [-0.2, -0.15) is 0 Å². The van der Waals surface area contributed by atoms with Crippen molar-refractivity contribution in [3.8, 4) is 0 Å². The van der Waals surface area contributed by atoms with Gasteiger partial charge in [0, 0.05) is 13.2 Å². The molecule has 0 aliphatic rings. The van der Waals surface area contributed by atoms with E-state index in [-0.39, 0.29) is 5.60 Å². The second kappa shape index (κ2) is 8.08. The van der Waals surface area contributed by atoms with Crippen molar-refractivity contribution in [2.24, 2.45) is 5.92 Å². The van der Waals surface area contributed by atoms with Gasteiger partial charge in [0.25, 0.3) is 0 Å². The lowest BCUT2D eigenvalue weighted by molar-refractivity contribution is 0.0154. The molecule has 2 heteroatoms. The van der Waals surface area contributed by atoms with Crippen LogP contribution in [0.5, 0.6) is 0 Å². The first-order valence-corrected chi connectivity index (χ1v) is 6.66. The van der Waals surface area contributed by atoms with Gasteiger partial charge in [-0.25, -0.2) is 0 Å². The third-order valence-electron chi connectivity index (χ3n) is 3.19. The Labute approximate surface area is 102 Å². The zero-order valence-corrected chi connectivity index (χ0v) is 12.1. The fourth-order valence-corrected chi connectivity index (χ4v) is 1.66. The van der Waals surface area contributed by atoms with Crippen molar-refractivity contribution in [2.75, 3.05) is 13.7 Å². The lowest BCUT2D eigenvalue weighted by Gasteiger charge is -2.24. The van der Waals surface area contributed by atoms with Crippen LogP contribution >= 0.6 is 0 Å². The first-order valence-electron chi connectivity index (χ1n) is 6.66. The minimum atomic E-state index is 0.00462. The fraction of sp³-hybridized carbons (Fsp3) is 1.00. The number of methoxy groups -OCH3 is 1. The molecule has 0 aromatic rings. The van der Waals surface area contributed by atoms with Crippen LogP contribution in [0.1, 0.15) is 60.3 Å². The highest BCUT2D eigenvalue weighted by Gasteiger charge is 2.15. The van der Waals surface area contributed by atoms with E-state index in [1.807, 2.05) is 0 Å². The Hall–Kier alpha value is -0.0800. The molecular formula is C14H31NO. The number of hydrogen-bond acceptors (Lipinski definition) is 2. The van der Waals surface area contributed by atoms with Crippen LogP contribution in [0.4, 0.5) is 0 Å². The van der Waals surface area contributed by atoms with E-state index in [2.05, 4.69) is 39.9 Å². The highest BCUT2D eigenvalue weighted by molar-refractivity contribution is 4.71. The predicted molar refractivity (Wildman–Crippen MR) is 71.9 cm³/mol. The topological polar surface area (TPSA) is 21.3 Å². The second-order valence-electron chi connectivity index (χ2n) is 5.89. The van der Waals surface area contributed by atoms with Crippen molar-refractivity contribution < 1.29 is 4.74 Å². The van der Waals surface area contributed by atoms with Crippen LogP contribution in [0.15, 0.2) is 0 Å². The summed E-state index contributed by atoms with van der Waals surface area (Å²) in [5.41, 5.74) is 0.00462. The molecule has 1 N–H and O–H groups in total. The van der Waals surface area contributed by atoms with Gasteiger partial charge in [0.05, 0.1) is 5.60 Å². The smallest absolute Gasteiger partial charge is 0.0634 e. The average Bonchev–Trinajstić information content (AvgIpc) is 2.17. The summed E-state index contributed by atoms with van der Waals surface area (Å²) in [6.07, 6.45) is 5.03. The fourth-order valence-electron chi connectivity index (χ4n) is 1.66. The molecule has 0 radical (unpaired) electrons. The van der Waals surface area contributed by atoms with Crippen LogP contribution in [0, 0.1) is 5.92 Å². The van der Waals surface area contributed by atoms with Crippen molar-refractivity contribution in [2.45, 2.75) is 71.9 Å². The van der Waals surface area contributed by atoms with Crippen molar-refractivity contribution in [1.82, 2.24) is 5.32 Å². The Morgan fingerprint density at radius 2 is 1.75 bits per heavy atom. The van der Waals surface area contributed by atoms with E-state index in [9.17, 15) is 0 Å². The molecule has 0 spiro atoms. The maximum Gasteiger partial charge on any atom is 0.0634 e. The molecule has 0 aliphatic carbocycles. The highest BCUT2D eigenvalue weighted by atomic mass is 16.5. The van der Waals surface area contributed by atoms with E-state index in [4.69, 9.17) is 4.74 Å². The Morgan fingerprint density at radius 1 is 1.12 bits per heavy atom. The summed E-state index contributed by atoms with van der Waals surface area (Å²) >= 11 is 0. The van der Waals surface area contributed by atoms with Crippen LogP contribution in [0.3, 0.4) is 0 Å². The van der Waals surface area contributed by atoms with E-state index >= 15 is 0 Å². The number of ether oxygens (including phenoxy) is 1. The molecule has 0 saturated carbocycles. The van der Waals surface area contributed by atoms with Crippen LogP contribution in [0.2, 0.25) is 0 Å². The molecule has 0 aromatic heterocycles. The number of hydrogen-bond donors (Lipinski definition) is 1. The summed E-state index contributed by atoms with van der Waals surface area (Å²) in [6, 6.07) is 0.631. The number of nitrogens with one attached hydrogen (secondary N) is 1. The van der Waals surface area contributed by atoms with Crippen LogP contribution in [0.25, 0.3) is 0 Å². The Balaban J connectivity index is 3.47. The molecule has 1 unspecified atom stereocenters. The van der Waals surface area contributed by atoms with E-state index in [1.54, 1.807) is 7.11 Å². The Bertz CT molecular complexity index is 166. The molecule has 0 heterocycles. The lowest BCUT2D eigenvalue weighted by Crippen LogP contribution is -2.33. The quantitative estimate of drug-likeness (QED) is 0.652. The molecular weight excluding hydrogens is 198 g/mol. The Kier molecular flexibility index (Phi) is 8.04. The summed E-state index contributed by atoms with van der Waals surface area (Å²) in [6.45, 7) is 12.2. The summed E-state index contributed by atoms with van der Waals surface area (Å²) < 4.78 is 5.39.